The fourth-order valence-electron chi connectivity index (χ4n) is 4.08. The fraction of sp³-hybridized carbons (Fsp3) is 0.391. The topological polar surface area (TPSA) is 82.1 Å². The highest BCUT2D eigenvalue weighted by Crippen LogP contribution is 2.24. The Morgan fingerprint density at radius 3 is 2.32 bits per heavy atom. The number of rotatable bonds is 5. The van der Waals surface area contributed by atoms with Crippen molar-refractivity contribution in [2.75, 3.05) is 31.1 Å². The molecule has 1 amide bonds. The zero-order chi connectivity index (χ0) is 22.0. The van der Waals surface area contributed by atoms with Gasteiger partial charge in [0.2, 0.25) is 5.91 Å². The highest BCUT2D eigenvalue weighted by Gasteiger charge is 2.33. The molecule has 2 aliphatic heterocycles. The zero-order valence-corrected chi connectivity index (χ0v) is 18.7. The number of amides is 1. The van der Waals surface area contributed by atoms with E-state index in [1.54, 1.807) is 24.3 Å². The third-order valence-corrected chi connectivity index (χ3v) is 7.04. The van der Waals surface area contributed by atoms with E-state index in [2.05, 4.69) is 26.7 Å². The number of carbonyl (C=O) groups excluding carboxylic acids is 1. The van der Waals surface area contributed by atoms with E-state index in [4.69, 9.17) is 0 Å². The van der Waals surface area contributed by atoms with Crippen molar-refractivity contribution in [3.05, 3.63) is 60.2 Å². The molecular formula is C23H28N4O3S. The number of nitrogens with one attached hydrogen (secondary N) is 1. The summed E-state index contributed by atoms with van der Waals surface area (Å²) in [7, 11) is -3.63. The Hall–Kier alpha value is -2.87. The molecule has 7 nitrogen and oxygen atoms in total. The molecule has 1 fully saturated rings. The van der Waals surface area contributed by atoms with Gasteiger partial charge in [0.05, 0.1) is 4.90 Å². The Morgan fingerprint density at radius 2 is 1.65 bits per heavy atom. The van der Waals surface area contributed by atoms with Crippen LogP contribution in [0.5, 0.6) is 0 Å². The fourth-order valence-corrected chi connectivity index (χ4v) is 5.31. The first-order valence-electron chi connectivity index (χ1n) is 10.6. The number of carbonyl (C=O) groups is 1. The molecular weight excluding hydrogens is 412 g/mol. The van der Waals surface area contributed by atoms with E-state index in [-0.39, 0.29) is 22.6 Å². The number of para-hydroxylation sites is 1. The number of hydrogen-bond donors (Lipinski definition) is 1. The molecule has 1 atom stereocenters. The normalized spacial score (nSPS) is 19.9. The van der Waals surface area contributed by atoms with Gasteiger partial charge in [-0.25, -0.2) is 8.42 Å². The van der Waals surface area contributed by atoms with Crippen molar-refractivity contribution in [3.8, 4) is 0 Å². The van der Waals surface area contributed by atoms with Gasteiger partial charge in [0.15, 0.2) is 0 Å². The third-order valence-electron chi connectivity index (χ3n) is 5.64. The summed E-state index contributed by atoms with van der Waals surface area (Å²) in [5.74, 6) is 0.465. The van der Waals surface area contributed by atoms with E-state index in [9.17, 15) is 13.2 Å². The van der Waals surface area contributed by atoms with Crippen molar-refractivity contribution in [1.82, 2.24) is 9.62 Å². The number of hydrogen-bond acceptors (Lipinski definition) is 5. The summed E-state index contributed by atoms with van der Waals surface area (Å²) in [6.45, 7) is 6.85. The van der Waals surface area contributed by atoms with E-state index < -0.39 is 16.1 Å². The second-order valence-corrected chi connectivity index (χ2v) is 10.0. The summed E-state index contributed by atoms with van der Waals surface area (Å²) < 4.78 is 27.4. The number of nitrogens with zero attached hydrogens (tertiary/aromatic N) is 3. The molecule has 31 heavy (non-hydrogen) atoms. The van der Waals surface area contributed by atoms with Crippen LogP contribution in [0, 0.1) is 5.92 Å². The lowest BCUT2D eigenvalue weighted by Crippen LogP contribution is -2.51. The Balaban J connectivity index is 1.53. The molecule has 0 bridgehead atoms. The van der Waals surface area contributed by atoms with Crippen LogP contribution in [0.1, 0.15) is 25.8 Å². The molecule has 164 valence electrons. The van der Waals surface area contributed by atoms with Crippen LogP contribution < -0.4 is 9.62 Å². The van der Waals surface area contributed by atoms with Crippen LogP contribution in [0.4, 0.5) is 5.69 Å². The van der Waals surface area contributed by atoms with Crippen molar-refractivity contribution in [3.63, 3.8) is 0 Å². The maximum absolute atomic E-state index is 13.4. The van der Waals surface area contributed by atoms with Crippen molar-refractivity contribution < 1.29 is 13.2 Å². The van der Waals surface area contributed by atoms with Gasteiger partial charge in [0, 0.05) is 37.4 Å². The monoisotopic (exact) mass is 440 g/mol. The molecule has 0 radical (unpaired) electrons. The molecule has 0 spiro atoms. The predicted octanol–water partition coefficient (Wildman–Crippen LogP) is 2.49. The quantitative estimate of drug-likeness (QED) is 0.775. The lowest BCUT2D eigenvalue weighted by atomic mass is 10.0. The number of amidine groups is 1. The van der Waals surface area contributed by atoms with Gasteiger partial charge in [0.1, 0.15) is 11.9 Å². The lowest BCUT2D eigenvalue weighted by molar-refractivity contribution is -0.133. The molecule has 0 saturated carbocycles. The number of sulfonamides is 1. The van der Waals surface area contributed by atoms with Crippen LogP contribution >= 0.6 is 0 Å². The number of benzene rings is 2. The molecule has 1 saturated heterocycles. The largest absolute Gasteiger partial charge is 0.368 e. The van der Waals surface area contributed by atoms with E-state index in [1.165, 1.54) is 0 Å². The molecule has 4 rings (SSSR count). The minimum absolute atomic E-state index is 0.0440. The number of anilines is 1. The first-order valence-corrected chi connectivity index (χ1v) is 12.1. The van der Waals surface area contributed by atoms with Crippen molar-refractivity contribution in [2.45, 2.75) is 31.2 Å². The molecule has 2 aromatic carbocycles. The Labute approximate surface area is 183 Å². The zero-order valence-electron chi connectivity index (χ0n) is 17.9. The van der Waals surface area contributed by atoms with Crippen molar-refractivity contribution in [2.24, 2.45) is 10.9 Å². The van der Waals surface area contributed by atoms with Crippen LogP contribution in [0.25, 0.3) is 0 Å². The van der Waals surface area contributed by atoms with Gasteiger partial charge in [-0.3, -0.25) is 14.5 Å². The van der Waals surface area contributed by atoms with Crippen molar-refractivity contribution >= 4 is 27.5 Å². The SMILES string of the molecule is CC(C)CC(N=C1NS(=O)(=O)c2ccccc21)C(=O)N1CCN(c2ccccc2)CC1. The van der Waals surface area contributed by atoms with Gasteiger partial charge in [0.25, 0.3) is 10.0 Å². The van der Waals surface area contributed by atoms with Gasteiger partial charge in [-0.2, -0.15) is 0 Å². The summed E-state index contributed by atoms with van der Waals surface area (Å²) in [5.41, 5.74) is 1.68. The lowest BCUT2D eigenvalue weighted by Gasteiger charge is -2.37. The summed E-state index contributed by atoms with van der Waals surface area (Å²) in [6, 6.07) is 16.3. The Morgan fingerprint density at radius 1 is 1.00 bits per heavy atom. The molecule has 8 heteroatoms. The van der Waals surface area contributed by atoms with Crippen LogP contribution in [0.15, 0.2) is 64.5 Å². The number of piperazine rings is 1. The van der Waals surface area contributed by atoms with E-state index in [0.29, 0.717) is 25.1 Å². The van der Waals surface area contributed by atoms with Gasteiger partial charge < -0.3 is 9.80 Å². The maximum Gasteiger partial charge on any atom is 0.263 e. The first-order chi connectivity index (χ1) is 14.8. The van der Waals surface area contributed by atoms with Gasteiger partial charge >= 0.3 is 0 Å². The Bertz CT molecular complexity index is 1080. The molecule has 2 aromatic rings. The summed E-state index contributed by atoms with van der Waals surface area (Å²) >= 11 is 0. The van der Waals surface area contributed by atoms with Crippen LogP contribution in [-0.4, -0.2) is 57.3 Å². The predicted molar refractivity (Wildman–Crippen MR) is 122 cm³/mol. The van der Waals surface area contributed by atoms with Crippen LogP contribution in [-0.2, 0) is 14.8 Å². The smallest absolute Gasteiger partial charge is 0.263 e. The minimum Gasteiger partial charge on any atom is -0.368 e. The molecule has 1 unspecified atom stereocenters. The molecule has 0 aromatic heterocycles. The average Bonchev–Trinajstić information content (AvgIpc) is 3.03. The molecule has 0 aliphatic carbocycles. The van der Waals surface area contributed by atoms with E-state index >= 15 is 0 Å². The second-order valence-electron chi connectivity index (χ2n) is 8.37. The maximum atomic E-state index is 13.4. The summed E-state index contributed by atoms with van der Waals surface area (Å²) in [6.07, 6.45) is 0.561. The molecule has 2 heterocycles. The van der Waals surface area contributed by atoms with Crippen LogP contribution in [0.2, 0.25) is 0 Å². The van der Waals surface area contributed by atoms with Gasteiger partial charge in [-0.15, -0.1) is 0 Å². The standard InChI is InChI=1S/C23H28N4O3S/c1-17(2)16-20(24-22-19-10-6-7-11-21(19)31(29,30)25-22)23(28)27-14-12-26(13-15-27)18-8-4-3-5-9-18/h3-11,17,20H,12-16H2,1-2H3,(H,24,25). The average molecular weight is 441 g/mol. The van der Waals surface area contributed by atoms with Gasteiger partial charge in [-0.1, -0.05) is 44.2 Å². The number of fused-ring (bicyclic) bond motifs is 1. The second kappa shape index (κ2) is 8.70. The van der Waals surface area contributed by atoms with E-state index in [1.807, 2.05) is 36.9 Å². The molecule has 2 aliphatic rings. The molecule has 1 N–H and O–H groups in total. The van der Waals surface area contributed by atoms with Gasteiger partial charge in [-0.05, 0) is 36.6 Å². The summed E-state index contributed by atoms with van der Waals surface area (Å²) in [5, 5.41) is 0. The highest BCUT2D eigenvalue weighted by molar-refractivity contribution is 7.90. The van der Waals surface area contributed by atoms with Crippen LogP contribution in [0.3, 0.4) is 0 Å². The van der Waals surface area contributed by atoms with Crippen molar-refractivity contribution in [1.29, 1.82) is 0 Å². The number of aliphatic imine (C=N–C) groups is 1. The Kier molecular flexibility index (Phi) is 6.00. The third kappa shape index (κ3) is 4.58. The minimum atomic E-state index is -3.63. The van der Waals surface area contributed by atoms with E-state index in [0.717, 1.165) is 18.8 Å². The highest BCUT2D eigenvalue weighted by atomic mass is 32.2. The summed E-state index contributed by atoms with van der Waals surface area (Å²) in [4.78, 5) is 22.3. The first kappa shape index (κ1) is 21.4.